The van der Waals surface area contributed by atoms with E-state index in [4.69, 9.17) is 0 Å². The molecule has 72 valence electrons. The van der Waals surface area contributed by atoms with E-state index in [-0.39, 0.29) is 4.90 Å². The van der Waals surface area contributed by atoms with Crippen LogP contribution in [0.1, 0.15) is 0 Å². The molecule has 1 aromatic rings. The van der Waals surface area contributed by atoms with Crippen molar-refractivity contribution in [2.75, 3.05) is 18.6 Å². The summed E-state index contributed by atoms with van der Waals surface area (Å²) in [7, 11) is -1.37. The third-order valence-corrected chi connectivity index (χ3v) is 3.15. The molecule has 3 nitrogen and oxygen atoms in total. The first kappa shape index (κ1) is 10.4. The number of benzene rings is 1. The van der Waals surface area contributed by atoms with Crippen LogP contribution in [0.3, 0.4) is 0 Å². The molecule has 1 rings (SSSR count). The van der Waals surface area contributed by atoms with Crippen LogP contribution in [0.4, 0.5) is 5.69 Å². The maximum atomic E-state index is 11.1. The Bertz CT molecular complexity index is 412. The van der Waals surface area contributed by atoms with E-state index in [0.717, 1.165) is 5.69 Å². The highest BCUT2D eigenvalue weighted by molar-refractivity contribution is 7.90. The number of rotatable bonds is 2. The second-order valence-electron chi connectivity index (χ2n) is 2.70. The van der Waals surface area contributed by atoms with Gasteiger partial charge >= 0.3 is 0 Å². The molecule has 0 spiro atoms. The highest BCUT2D eigenvalue weighted by atomic mass is 32.2. The molecule has 0 aliphatic carbocycles. The van der Waals surface area contributed by atoms with Crippen molar-refractivity contribution in [3.05, 3.63) is 18.2 Å². The topological polar surface area (TPSA) is 46.2 Å². The van der Waals surface area contributed by atoms with Crippen molar-refractivity contribution in [1.29, 1.82) is 0 Å². The van der Waals surface area contributed by atoms with E-state index >= 15 is 0 Å². The number of thiol groups is 1. The van der Waals surface area contributed by atoms with Crippen LogP contribution >= 0.6 is 12.6 Å². The minimum Gasteiger partial charge on any atom is -0.387 e. The van der Waals surface area contributed by atoms with Gasteiger partial charge in [0.05, 0.1) is 4.90 Å². The molecular formula is C8H11NO2S2. The highest BCUT2D eigenvalue weighted by Crippen LogP contribution is 2.22. The van der Waals surface area contributed by atoms with Gasteiger partial charge in [0.1, 0.15) is 0 Å². The monoisotopic (exact) mass is 217 g/mol. The van der Waals surface area contributed by atoms with Gasteiger partial charge in [0.2, 0.25) is 0 Å². The van der Waals surface area contributed by atoms with E-state index in [1.165, 1.54) is 12.3 Å². The number of nitrogens with one attached hydrogen (secondary N) is 1. The molecule has 0 aromatic heterocycles. The van der Waals surface area contributed by atoms with Gasteiger partial charge in [0.25, 0.3) is 0 Å². The maximum Gasteiger partial charge on any atom is 0.175 e. The fourth-order valence-electron chi connectivity index (χ4n) is 0.953. The molecule has 1 N–H and O–H groups in total. The van der Waals surface area contributed by atoms with E-state index in [9.17, 15) is 8.42 Å². The maximum absolute atomic E-state index is 11.1. The molecule has 1 aromatic carbocycles. The predicted octanol–water partition coefficient (Wildman–Crippen LogP) is 1.42. The van der Waals surface area contributed by atoms with Gasteiger partial charge in [-0.1, -0.05) is 0 Å². The number of hydrogen-bond donors (Lipinski definition) is 2. The lowest BCUT2D eigenvalue weighted by atomic mass is 10.3. The fraction of sp³-hybridized carbons (Fsp3) is 0.250. The van der Waals surface area contributed by atoms with Gasteiger partial charge in [0.15, 0.2) is 9.84 Å². The molecule has 0 heterocycles. The summed E-state index contributed by atoms with van der Waals surface area (Å²) in [4.78, 5) is 0.918. The molecule has 0 fully saturated rings. The first-order valence-electron chi connectivity index (χ1n) is 3.66. The van der Waals surface area contributed by atoms with Crippen molar-refractivity contribution in [1.82, 2.24) is 0 Å². The van der Waals surface area contributed by atoms with Crippen LogP contribution in [-0.2, 0) is 9.84 Å². The lowest BCUT2D eigenvalue weighted by Gasteiger charge is -2.05. The smallest absolute Gasteiger partial charge is 0.175 e. The predicted molar refractivity (Wildman–Crippen MR) is 56.4 cm³/mol. The molecule has 0 amide bonds. The summed E-state index contributed by atoms with van der Waals surface area (Å²) in [6.45, 7) is 0. The molecule has 0 radical (unpaired) electrons. The lowest BCUT2D eigenvalue weighted by Crippen LogP contribution is -1.98. The van der Waals surface area contributed by atoms with Crippen molar-refractivity contribution in [2.45, 2.75) is 9.79 Å². The Hall–Kier alpha value is -0.680. The first-order chi connectivity index (χ1) is 5.95. The Labute approximate surface area is 83.5 Å². The Morgan fingerprint density at radius 3 is 2.38 bits per heavy atom. The van der Waals surface area contributed by atoms with Crippen molar-refractivity contribution in [3.8, 4) is 0 Å². The van der Waals surface area contributed by atoms with Gasteiger partial charge in [-0.2, -0.15) is 0 Å². The Morgan fingerprint density at radius 1 is 1.38 bits per heavy atom. The second kappa shape index (κ2) is 3.59. The number of sulfone groups is 1. The third kappa shape index (κ3) is 2.38. The fourth-order valence-corrected chi connectivity index (χ4v) is 2.01. The van der Waals surface area contributed by atoms with Crippen LogP contribution in [0, 0.1) is 0 Å². The zero-order chi connectivity index (χ0) is 10.1. The van der Waals surface area contributed by atoms with Crippen LogP contribution in [0.15, 0.2) is 28.0 Å². The summed E-state index contributed by atoms with van der Waals surface area (Å²) in [6, 6.07) is 4.78. The summed E-state index contributed by atoms with van der Waals surface area (Å²) in [5.74, 6) is 0. The van der Waals surface area contributed by atoms with Gasteiger partial charge in [-0.25, -0.2) is 8.42 Å². The first-order valence-corrected chi connectivity index (χ1v) is 6.00. The number of anilines is 1. The summed E-state index contributed by atoms with van der Waals surface area (Å²) >= 11 is 4.15. The second-order valence-corrected chi connectivity index (χ2v) is 5.20. The molecule has 0 unspecified atom stereocenters. The largest absolute Gasteiger partial charge is 0.387 e. The van der Waals surface area contributed by atoms with Crippen LogP contribution in [0.2, 0.25) is 0 Å². The molecular weight excluding hydrogens is 206 g/mol. The zero-order valence-corrected chi connectivity index (χ0v) is 9.11. The van der Waals surface area contributed by atoms with Crippen LogP contribution in [-0.4, -0.2) is 21.7 Å². The summed E-state index contributed by atoms with van der Waals surface area (Å²) in [5.41, 5.74) is 0.815. The van der Waals surface area contributed by atoms with Gasteiger partial charge in [-0.3, -0.25) is 0 Å². The van der Waals surface area contributed by atoms with E-state index in [1.807, 2.05) is 0 Å². The molecule has 13 heavy (non-hydrogen) atoms. The van der Waals surface area contributed by atoms with Crippen molar-refractivity contribution < 1.29 is 8.42 Å². The van der Waals surface area contributed by atoms with Gasteiger partial charge in [-0.05, 0) is 18.2 Å². The minimum atomic E-state index is -3.13. The average molecular weight is 217 g/mol. The van der Waals surface area contributed by atoms with Gasteiger partial charge in [-0.15, -0.1) is 12.6 Å². The molecule has 0 saturated heterocycles. The Kier molecular flexibility index (Phi) is 2.87. The van der Waals surface area contributed by atoms with Crippen molar-refractivity contribution in [3.63, 3.8) is 0 Å². The Balaban J connectivity index is 3.26. The van der Waals surface area contributed by atoms with E-state index in [2.05, 4.69) is 17.9 Å². The standard InChI is InChI=1S/C8H11NO2S2/c1-9-7-4-3-6(5-8(7)12)13(2,10)11/h3-5,9,12H,1-2H3. The molecule has 0 bridgehead atoms. The molecule has 0 aliphatic rings. The van der Waals surface area contributed by atoms with Crippen LogP contribution in [0.5, 0.6) is 0 Å². The van der Waals surface area contributed by atoms with Gasteiger partial charge < -0.3 is 5.32 Å². The number of hydrogen-bond acceptors (Lipinski definition) is 4. The minimum absolute atomic E-state index is 0.288. The lowest BCUT2D eigenvalue weighted by molar-refractivity contribution is 0.601. The van der Waals surface area contributed by atoms with E-state index in [0.29, 0.717) is 4.90 Å². The van der Waals surface area contributed by atoms with E-state index in [1.54, 1.807) is 19.2 Å². The van der Waals surface area contributed by atoms with Crippen molar-refractivity contribution in [2.24, 2.45) is 0 Å². The summed E-state index contributed by atoms with van der Waals surface area (Å²) in [5, 5.41) is 2.90. The molecule has 0 atom stereocenters. The average Bonchev–Trinajstić information content (AvgIpc) is 2.02. The third-order valence-electron chi connectivity index (χ3n) is 1.67. The molecule has 5 heteroatoms. The quantitative estimate of drug-likeness (QED) is 0.736. The van der Waals surface area contributed by atoms with Crippen LogP contribution in [0.25, 0.3) is 0 Å². The summed E-state index contributed by atoms with van der Waals surface area (Å²) < 4.78 is 22.3. The molecule has 0 aliphatic heterocycles. The van der Waals surface area contributed by atoms with Gasteiger partial charge in [0, 0.05) is 23.9 Å². The summed E-state index contributed by atoms with van der Waals surface area (Å²) in [6.07, 6.45) is 1.18. The van der Waals surface area contributed by atoms with E-state index < -0.39 is 9.84 Å². The normalized spacial score (nSPS) is 11.3. The Morgan fingerprint density at radius 2 is 2.00 bits per heavy atom. The molecule has 0 saturated carbocycles. The zero-order valence-electron chi connectivity index (χ0n) is 7.40. The highest BCUT2D eigenvalue weighted by Gasteiger charge is 2.08. The SMILES string of the molecule is CNc1ccc(S(C)(=O)=O)cc1S. The van der Waals surface area contributed by atoms with Crippen LogP contribution < -0.4 is 5.32 Å². The van der Waals surface area contributed by atoms with Crippen molar-refractivity contribution >= 4 is 28.2 Å².